The van der Waals surface area contributed by atoms with Crippen LogP contribution in [0.2, 0.25) is 0 Å². The molecule has 0 aromatic carbocycles. The quantitative estimate of drug-likeness (QED) is 0.276. The van der Waals surface area contributed by atoms with Crippen LogP contribution in [0.5, 0.6) is 0 Å². The zero-order valence-corrected chi connectivity index (χ0v) is 13.2. The molecule has 6 N–H and O–H groups in total. The van der Waals surface area contributed by atoms with Gasteiger partial charge in [-0.25, -0.2) is 0 Å². The van der Waals surface area contributed by atoms with E-state index in [0.717, 1.165) is 0 Å². The van der Waals surface area contributed by atoms with Gasteiger partial charge >= 0.3 is 0 Å². The summed E-state index contributed by atoms with van der Waals surface area (Å²) in [6, 6.07) is 0. The molecule has 0 amide bonds. The first-order valence-corrected chi connectivity index (χ1v) is 8.19. The van der Waals surface area contributed by atoms with Crippen molar-refractivity contribution >= 4 is 0 Å². The van der Waals surface area contributed by atoms with Crippen LogP contribution in [0.4, 0.5) is 0 Å². The van der Waals surface area contributed by atoms with Crippen molar-refractivity contribution in [3.05, 3.63) is 12.3 Å². The highest BCUT2D eigenvalue weighted by Crippen LogP contribution is 2.59. The van der Waals surface area contributed by atoms with Crippen molar-refractivity contribution in [3.63, 3.8) is 0 Å². The van der Waals surface area contributed by atoms with E-state index >= 15 is 0 Å². The smallest absolute Gasteiger partial charge is 0.208 e. The molecule has 0 aromatic heterocycles. The number of ether oxygens (including phenoxy) is 4. The molecule has 142 valence electrons. The third-order valence-corrected chi connectivity index (χ3v) is 5.62. The van der Waals surface area contributed by atoms with Gasteiger partial charge in [-0.2, -0.15) is 0 Å². The molecule has 2 saturated heterocycles. The molecular formula is C15H22O10. The van der Waals surface area contributed by atoms with Gasteiger partial charge in [0.05, 0.1) is 31.5 Å². The molecule has 0 bridgehead atoms. The number of hydrogen-bond acceptors (Lipinski definition) is 10. The molecule has 4 rings (SSSR count). The van der Waals surface area contributed by atoms with Crippen molar-refractivity contribution in [3.8, 4) is 0 Å². The van der Waals surface area contributed by atoms with Crippen LogP contribution in [0.3, 0.4) is 0 Å². The van der Waals surface area contributed by atoms with E-state index in [1.807, 2.05) is 0 Å². The number of aliphatic hydroxyl groups is 6. The van der Waals surface area contributed by atoms with Crippen LogP contribution in [0.25, 0.3) is 0 Å². The Hall–Kier alpha value is -0.820. The largest absolute Gasteiger partial charge is 0.472 e. The van der Waals surface area contributed by atoms with E-state index in [2.05, 4.69) is 0 Å². The molecule has 3 aliphatic heterocycles. The van der Waals surface area contributed by atoms with Crippen molar-refractivity contribution in [2.75, 3.05) is 13.2 Å². The molecule has 4 aliphatic rings. The lowest BCUT2D eigenvalue weighted by atomic mass is 9.85. The van der Waals surface area contributed by atoms with Crippen molar-refractivity contribution in [1.29, 1.82) is 0 Å². The minimum absolute atomic E-state index is 0.332. The Kier molecular flexibility index (Phi) is 4.30. The molecule has 11 atom stereocenters. The molecule has 10 nitrogen and oxygen atoms in total. The first-order chi connectivity index (χ1) is 11.9. The zero-order valence-electron chi connectivity index (χ0n) is 13.2. The van der Waals surface area contributed by atoms with E-state index in [1.165, 1.54) is 6.26 Å². The molecule has 3 fully saturated rings. The maximum absolute atomic E-state index is 10.3. The highest BCUT2D eigenvalue weighted by molar-refractivity contribution is 5.24. The highest BCUT2D eigenvalue weighted by Gasteiger charge is 2.75. The van der Waals surface area contributed by atoms with E-state index in [-0.39, 0.29) is 12.5 Å². The average molecular weight is 362 g/mol. The van der Waals surface area contributed by atoms with Gasteiger partial charge in [-0.1, -0.05) is 0 Å². The third-order valence-electron chi connectivity index (χ3n) is 5.62. The van der Waals surface area contributed by atoms with E-state index in [1.54, 1.807) is 6.08 Å². The molecule has 0 aromatic rings. The monoisotopic (exact) mass is 362 g/mol. The summed E-state index contributed by atoms with van der Waals surface area (Å²) in [7, 11) is 0. The van der Waals surface area contributed by atoms with Gasteiger partial charge in [0, 0.05) is 5.92 Å². The summed E-state index contributed by atoms with van der Waals surface area (Å²) in [5.74, 6) is -0.913. The van der Waals surface area contributed by atoms with Crippen LogP contribution in [-0.2, 0) is 18.9 Å². The lowest BCUT2D eigenvalue weighted by Crippen LogP contribution is -2.60. The fraction of sp³-hybridized carbons (Fsp3) is 0.867. The molecule has 3 heterocycles. The Morgan fingerprint density at radius 2 is 1.72 bits per heavy atom. The normalized spacial score (nSPS) is 56.9. The van der Waals surface area contributed by atoms with Crippen molar-refractivity contribution < 1.29 is 49.6 Å². The molecule has 1 unspecified atom stereocenters. The summed E-state index contributed by atoms with van der Waals surface area (Å²) in [6.07, 6.45) is -6.47. The number of epoxide rings is 1. The third kappa shape index (κ3) is 2.45. The second-order valence-electron chi connectivity index (χ2n) is 6.91. The standard InChI is InChI=1S/C15H22O10/c16-3-6-9(19)10(20)11(21)14(23-6)24-13-7-5(1-2-22-13)8(18)12-15(7,4-17)25-12/h1-2,5-14,16-21H,3-4H2/t5-,6-,7?,8+,9-,10+,11-,12+,13+,14+,15-/m1/s1. The van der Waals surface area contributed by atoms with Gasteiger partial charge in [-0.3, -0.25) is 0 Å². The summed E-state index contributed by atoms with van der Waals surface area (Å²) in [5, 5.41) is 59.0. The van der Waals surface area contributed by atoms with Crippen molar-refractivity contribution in [1.82, 2.24) is 0 Å². The van der Waals surface area contributed by atoms with Crippen molar-refractivity contribution in [2.24, 2.45) is 11.8 Å². The Morgan fingerprint density at radius 3 is 2.40 bits per heavy atom. The lowest BCUT2D eigenvalue weighted by Gasteiger charge is -2.43. The van der Waals surface area contributed by atoms with Crippen molar-refractivity contribution in [2.45, 2.75) is 54.8 Å². The summed E-state index contributed by atoms with van der Waals surface area (Å²) >= 11 is 0. The average Bonchev–Trinajstić information content (AvgIpc) is 3.31. The number of fused-ring (bicyclic) bond motifs is 3. The van der Waals surface area contributed by atoms with Gasteiger partial charge in [0.1, 0.15) is 36.1 Å². The molecule has 10 heteroatoms. The van der Waals surface area contributed by atoms with Gasteiger partial charge in [0.25, 0.3) is 0 Å². The maximum atomic E-state index is 10.3. The first-order valence-electron chi connectivity index (χ1n) is 8.19. The Morgan fingerprint density at radius 1 is 0.960 bits per heavy atom. The van der Waals surface area contributed by atoms with E-state index in [9.17, 15) is 30.6 Å². The molecule has 0 radical (unpaired) electrons. The summed E-state index contributed by atoms with van der Waals surface area (Å²) in [5.41, 5.74) is -0.992. The van der Waals surface area contributed by atoms with Gasteiger partial charge in [0.2, 0.25) is 6.29 Å². The Labute approximate surface area is 142 Å². The van der Waals surface area contributed by atoms with E-state index < -0.39 is 67.3 Å². The highest BCUT2D eigenvalue weighted by atomic mass is 16.8. The molecule has 1 saturated carbocycles. The fourth-order valence-corrected chi connectivity index (χ4v) is 4.17. The van der Waals surface area contributed by atoms with Crippen LogP contribution in [0.1, 0.15) is 0 Å². The first kappa shape index (κ1) is 17.6. The summed E-state index contributed by atoms with van der Waals surface area (Å²) in [4.78, 5) is 0. The van der Waals surface area contributed by atoms with Gasteiger partial charge in [0.15, 0.2) is 6.29 Å². The van der Waals surface area contributed by atoms with Crippen LogP contribution in [0.15, 0.2) is 12.3 Å². The van der Waals surface area contributed by atoms with Crippen LogP contribution >= 0.6 is 0 Å². The number of aliphatic hydroxyl groups excluding tert-OH is 6. The van der Waals surface area contributed by atoms with E-state index in [4.69, 9.17) is 18.9 Å². The topological polar surface area (TPSA) is 162 Å². The van der Waals surface area contributed by atoms with Gasteiger partial charge in [-0.15, -0.1) is 0 Å². The molecule has 1 aliphatic carbocycles. The summed E-state index contributed by atoms with van der Waals surface area (Å²) in [6.45, 7) is -0.908. The zero-order chi connectivity index (χ0) is 17.9. The van der Waals surface area contributed by atoms with Crippen LogP contribution < -0.4 is 0 Å². The second kappa shape index (κ2) is 6.12. The predicted molar refractivity (Wildman–Crippen MR) is 76.5 cm³/mol. The minimum atomic E-state index is -1.57. The van der Waals surface area contributed by atoms with Crippen LogP contribution in [0, 0.1) is 11.8 Å². The van der Waals surface area contributed by atoms with Gasteiger partial charge in [-0.05, 0) is 6.08 Å². The maximum Gasteiger partial charge on any atom is 0.208 e. The number of hydrogen-bond donors (Lipinski definition) is 6. The Bertz CT molecular complexity index is 540. The second-order valence-corrected chi connectivity index (χ2v) is 6.91. The minimum Gasteiger partial charge on any atom is -0.472 e. The molecule has 25 heavy (non-hydrogen) atoms. The lowest BCUT2D eigenvalue weighted by molar-refractivity contribution is -0.344. The predicted octanol–water partition coefficient (Wildman–Crippen LogP) is -3.59. The molecule has 0 spiro atoms. The van der Waals surface area contributed by atoms with Gasteiger partial charge < -0.3 is 49.6 Å². The fourth-order valence-electron chi connectivity index (χ4n) is 4.17. The summed E-state index contributed by atoms with van der Waals surface area (Å²) < 4.78 is 21.9. The van der Waals surface area contributed by atoms with Crippen LogP contribution in [-0.4, -0.2) is 98.7 Å². The number of rotatable bonds is 4. The SMILES string of the molecule is OC[C@H]1O[C@@H](O[C@@H]2OC=C[C@@H]3C2[C@@]2(CO)O[C@H]2[C@H]3O)[C@H](O)[C@@H](O)[C@@H]1O. The molecular weight excluding hydrogens is 340 g/mol. The Balaban J connectivity index is 1.53. The van der Waals surface area contributed by atoms with E-state index in [0.29, 0.717) is 0 Å².